The van der Waals surface area contributed by atoms with Crippen LogP contribution in [0.2, 0.25) is 0 Å². The first-order chi connectivity index (χ1) is 12.5. The molecule has 0 heterocycles. The van der Waals surface area contributed by atoms with E-state index in [9.17, 15) is 9.90 Å². The Bertz CT molecular complexity index is 834. The molecule has 0 aliphatic rings. The second kappa shape index (κ2) is 8.24. The molecule has 0 bridgehead atoms. The normalized spacial score (nSPS) is 12.7. The van der Waals surface area contributed by atoms with Gasteiger partial charge in [-0.1, -0.05) is 24.3 Å². The van der Waals surface area contributed by atoms with Gasteiger partial charge in [-0.2, -0.15) is 0 Å². The molecular formula is C23H32NO3+. The number of hydrogen-bond donors (Lipinski definition) is 1. The molecule has 2 rings (SSSR count). The highest BCUT2D eigenvalue weighted by Crippen LogP contribution is 2.29. The molecular weight excluding hydrogens is 338 g/mol. The van der Waals surface area contributed by atoms with Gasteiger partial charge in [0, 0.05) is 11.1 Å². The molecule has 2 aromatic carbocycles. The summed E-state index contributed by atoms with van der Waals surface area (Å²) in [6.45, 7) is 8.72. The minimum absolute atomic E-state index is 0.00505. The van der Waals surface area contributed by atoms with Crippen LogP contribution in [0.25, 0.3) is 0 Å². The molecule has 0 amide bonds. The van der Waals surface area contributed by atoms with E-state index >= 15 is 0 Å². The zero-order valence-electron chi connectivity index (χ0n) is 17.6. The number of quaternary nitrogens is 1. The maximum absolute atomic E-state index is 13.1. The summed E-state index contributed by atoms with van der Waals surface area (Å²) in [5, 5.41) is 10.2. The van der Waals surface area contributed by atoms with Gasteiger partial charge in [0.25, 0.3) is 0 Å². The maximum Gasteiger partial charge on any atom is 0.193 e. The van der Waals surface area contributed by atoms with Crippen LogP contribution in [0.4, 0.5) is 0 Å². The molecule has 1 unspecified atom stereocenters. The number of rotatable bonds is 7. The van der Waals surface area contributed by atoms with Crippen LogP contribution >= 0.6 is 0 Å². The van der Waals surface area contributed by atoms with Crippen molar-refractivity contribution in [2.24, 2.45) is 0 Å². The summed E-state index contributed by atoms with van der Waals surface area (Å²) < 4.78 is 6.59. The first kappa shape index (κ1) is 21.1. The largest absolute Gasteiger partial charge is 0.490 e. The predicted molar refractivity (Wildman–Crippen MR) is 110 cm³/mol. The van der Waals surface area contributed by atoms with Crippen LogP contribution in [0.3, 0.4) is 0 Å². The van der Waals surface area contributed by atoms with Crippen molar-refractivity contribution in [3.63, 3.8) is 0 Å². The van der Waals surface area contributed by atoms with E-state index in [0.717, 1.165) is 22.3 Å². The van der Waals surface area contributed by atoms with Crippen LogP contribution in [-0.4, -0.2) is 55.8 Å². The van der Waals surface area contributed by atoms with Crippen molar-refractivity contribution in [3.05, 3.63) is 63.7 Å². The highest BCUT2D eigenvalue weighted by molar-refractivity contribution is 6.11. The Kier molecular flexibility index (Phi) is 6.45. The summed E-state index contributed by atoms with van der Waals surface area (Å²) >= 11 is 0. The third kappa shape index (κ3) is 5.18. The van der Waals surface area contributed by atoms with E-state index < -0.39 is 6.10 Å². The molecule has 2 aromatic rings. The van der Waals surface area contributed by atoms with Gasteiger partial charge in [-0.05, 0) is 56.0 Å². The Hall–Kier alpha value is -2.17. The van der Waals surface area contributed by atoms with Crippen LogP contribution in [0.5, 0.6) is 5.75 Å². The molecule has 146 valence electrons. The van der Waals surface area contributed by atoms with Crippen molar-refractivity contribution in [3.8, 4) is 5.75 Å². The Balaban J connectivity index is 2.33. The quantitative estimate of drug-likeness (QED) is 0.598. The van der Waals surface area contributed by atoms with E-state index in [-0.39, 0.29) is 12.4 Å². The highest BCUT2D eigenvalue weighted by Gasteiger charge is 2.20. The molecule has 4 heteroatoms. The van der Waals surface area contributed by atoms with Gasteiger partial charge < -0.3 is 14.3 Å². The number of benzene rings is 2. The number of hydrogen-bond acceptors (Lipinski definition) is 3. The third-order valence-electron chi connectivity index (χ3n) is 5.00. The predicted octanol–water partition coefficient (Wildman–Crippen LogP) is 3.60. The molecule has 0 aliphatic carbocycles. The standard InChI is InChI=1S/C23H32NO3/c1-15-10-8-9-11-20(15)23(26)21-12-22(18(4)16(2)17(21)3)27-14-19(25)13-24(5,6)7/h8-12,19,25H,13-14H2,1-7H3/q+1. The topological polar surface area (TPSA) is 46.5 Å². The van der Waals surface area contributed by atoms with Crippen LogP contribution < -0.4 is 4.74 Å². The van der Waals surface area contributed by atoms with Crippen LogP contribution in [0.15, 0.2) is 30.3 Å². The number of ketones is 1. The fourth-order valence-electron chi connectivity index (χ4n) is 3.25. The smallest absolute Gasteiger partial charge is 0.193 e. The minimum atomic E-state index is -0.568. The summed E-state index contributed by atoms with van der Waals surface area (Å²) in [4.78, 5) is 13.1. The number of likely N-dealkylation sites (N-methyl/N-ethyl adjacent to an activating group) is 1. The Morgan fingerprint density at radius 1 is 1.00 bits per heavy atom. The number of aliphatic hydroxyl groups is 1. The summed E-state index contributed by atoms with van der Waals surface area (Å²) in [7, 11) is 6.09. The van der Waals surface area contributed by atoms with Crippen molar-refractivity contribution in [2.45, 2.75) is 33.8 Å². The van der Waals surface area contributed by atoms with Crippen molar-refractivity contribution in [2.75, 3.05) is 34.3 Å². The molecule has 0 spiro atoms. The van der Waals surface area contributed by atoms with Crippen LogP contribution in [0, 0.1) is 27.7 Å². The van der Waals surface area contributed by atoms with E-state index in [1.165, 1.54) is 0 Å². The molecule has 1 atom stereocenters. The fraction of sp³-hybridized carbons (Fsp3) is 0.435. The van der Waals surface area contributed by atoms with E-state index in [4.69, 9.17) is 4.74 Å². The van der Waals surface area contributed by atoms with E-state index in [0.29, 0.717) is 27.9 Å². The molecule has 4 nitrogen and oxygen atoms in total. The van der Waals surface area contributed by atoms with Crippen molar-refractivity contribution < 1.29 is 19.1 Å². The lowest BCUT2D eigenvalue weighted by Crippen LogP contribution is -2.43. The molecule has 1 N–H and O–H groups in total. The molecule has 27 heavy (non-hydrogen) atoms. The molecule has 0 radical (unpaired) electrons. The third-order valence-corrected chi connectivity index (χ3v) is 5.00. The number of aliphatic hydroxyl groups excluding tert-OH is 1. The summed E-state index contributed by atoms with van der Waals surface area (Å²) in [6, 6.07) is 9.45. The minimum Gasteiger partial charge on any atom is -0.490 e. The number of nitrogens with zero attached hydrogens (tertiary/aromatic N) is 1. The monoisotopic (exact) mass is 370 g/mol. The van der Waals surface area contributed by atoms with Gasteiger partial charge in [-0.25, -0.2) is 0 Å². The summed E-state index contributed by atoms with van der Waals surface area (Å²) in [5.41, 5.74) is 5.35. The zero-order valence-corrected chi connectivity index (χ0v) is 17.6. The maximum atomic E-state index is 13.1. The zero-order chi connectivity index (χ0) is 20.4. The molecule has 0 saturated heterocycles. The SMILES string of the molecule is Cc1ccccc1C(=O)c1cc(OCC(O)C[N+](C)(C)C)c(C)c(C)c1C. The second-order valence-corrected chi connectivity index (χ2v) is 8.38. The first-order valence-corrected chi connectivity index (χ1v) is 9.33. The van der Waals surface area contributed by atoms with Gasteiger partial charge in [0.1, 0.15) is 25.0 Å². The van der Waals surface area contributed by atoms with Gasteiger partial charge in [0.15, 0.2) is 5.78 Å². The lowest BCUT2D eigenvalue weighted by molar-refractivity contribution is -0.873. The summed E-state index contributed by atoms with van der Waals surface area (Å²) in [5.74, 6) is 0.668. The first-order valence-electron chi connectivity index (χ1n) is 9.33. The molecule has 0 aliphatic heterocycles. The van der Waals surface area contributed by atoms with Gasteiger partial charge in [-0.15, -0.1) is 0 Å². The Labute approximate surface area is 163 Å². The van der Waals surface area contributed by atoms with E-state index in [2.05, 4.69) is 0 Å². The van der Waals surface area contributed by atoms with Gasteiger partial charge in [0.05, 0.1) is 21.1 Å². The summed E-state index contributed by atoms with van der Waals surface area (Å²) in [6.07, 6.45) is -0.568. The lowest BCUT2D eigenvalue weighted by atomic mass is 9.91. The van der Waals surface area contributed by atoms with Gasteiger partial charge >= 0.3 is 0 Å². The highest BCUT2D eigenvalue weighted by atomic mass is 16.5. The number of carbonyl (C=O) groups excluding carboxylic acids is 1. The van der Waals surface area contributed by atoms with Crippen molar-refractivity contribution >= 4 is 5.78 Å². The number of ether oxygens (including phenoxy) is 1. The average molecular weight is 371 g/mol. The van der Waals surface area contributed by atoms with Crippen molar-refractivity contribution in [1.82, 2.24) is 0 Å². The van der Waals surface area contributed by atoms with Gasteiger partial charge in [0.2, 0.25) is 0 Å². The fourth-order valence-corrected chi connectivity index (χ4v) is 3.25. The second-order valence-electron chi connectivity index (χ2n) is 8.38. The average Bonchev–Trinajstić information content (AvgIpc) is 2.57. The van der Waals surface area contributed by atoms with Gasteiger partial charge in [-0.3, -0.25) is 4.79 Å². The van der Waals surface area contributed by atoms with E-state index in [1.54, 1.807) is 0 Å². The molecule has 0 fully saturated rings. The van der Waals surface area contributed by atoms with Crippen molar-refractivity contribution in [1.29, 1.82) is 0 Å². The Morgan fingerprint density at radius 2 is 1.63 bits per heavy atom. The van der Waals surface area contributed by atoms with E-state index in [1.807, 2.05) is 79.2 Å². The number of aryl methyl sites for hydroxylation is 1. The molecule has 0 saturated carbocycles. The lowest BCUT2D eigenvalue weighted by Gasteiger charge is -2.27. The number of carbonyl (C=O) groups is 1. The molecule has 0 aromatic heterocycles. The van der Waals surface area contributed by atoms with Crippen LogP contribution in [-0.2, 0) is 0 Å². The van der Waals surface area contributed by atoms with Crippen LogP contribution in [0.1, 0.15) is 38.2 Å². The Morgan fingerprint density at radius 3 is 2.22 bits per heavy atom.